The molecule has 26 heavy (non-hydrogen) atoms. The van der Waals surface area contributed by atoms with Gasteiger partial charge in [0.15, 0.2) is 0 Å². The van der Waals surface area contributed by atoms with Crippen LogP contribution in [-0.2, 0) is 14.3 Å². The largest absolute Gasteiger partial charge is 0.444 e. The van der Waals surface area contributed by atoms with Crippen molar-refractivity contribution in [3.63, 3.8) is 0 Å². The summed E-state index contributed by atoms with van der Waals surface area (Å²) in [6.45, 7) is 8.58. The predicted octanol–water partition coefficient (Wildman–Crippen LogP) is 2.91. The number of nitro groups is 1. The molecule has 9 nitrogen and oxygen atoms in total. The van der Waals surface area contributed by atoms with Crippen LogP contribution >= 0.6 is 0 Å². The Morgan fingerprint density at radius 1 is 1.31 bits per heavy atom. The molecular formula is C17H23N3O6. The molecule has 9 heteroatoms. The fourth-order valence-corrected chi connectivity index (χ4v) is 2.55. The van der Waals surface area contributed by atoms with Gasteiger partial charge in [0, 0.05) is 17.8 Å². The van der Waals surface area contributed by atoms with E-state index in [-0.39, 0.29) is 12.3 Å². The zero-order valence-corrected chi connectivity index (χ0v) is 15.4. The Kier molecular flexibility index (Phi) is 5.22. The summed E-state index contributed by atoms with van der Waals surface area (Å²) in [5.74, 6) is -0.463. The van der Waals surface area contributed by atoms with Crippen LogP contribution in [0.4, 0.5) is 16.2 Å². The number of amides is 2. The molecule has 2 rings (SSSR count). The summed E-state index contributed by atoms with van der Waals surface area (Å²) in [4.78, 5) is 36.6. The maximum Gasteiger partial charge on any atom is 0.413 e. The van der Waals surface area contributed by atoms with Crippen molar-refractivity contribution in [2.75, 3.05) is 11.9 Å². The van der Waals surface area contributed by atoms with E-state index in [4.69, 9.17) is 9.47 Å². The molecule has 1 fully saturated rings. The Morgan fingerprint density at radius 2 is 1.88 bits per heavy atom. The molecule has 1 heterocycles. The van der Waals surface area contributed by atoms with Gasteiger partial charge in [-0.25, -0.2) is 4.79 Å². The first-order chi connectivity index (χ1) is 11.9. The molecule has 1 N–H and O–H groups in total. The maximum atomic E-state index is 12.6. The van der Waals surface area contributed by atoms with Gasteiger partial charge in [-0.15, -0.1) is 0 Å². The number of carbonyl (C=O) groups excluding carboxylic acids is 2. The number of rotatable bonds is 3. The molecular weight excluding hydrogens is 342 g/mol. The van der Waals surface area contributed by atoms with E-state index in [0.717, 1.165) is 0 Å². The summed E-state index contributed by atoms with van der Waals surface area (Å²) in [5.41, 5.74) is -1.41. The lowest BCUT2D eigenvalue weighted by Crippen LogP contribution is -2.53. The van der Waals surface area contributed by atoms with Gasteiger partial charge in [0.05, 0.1) is 11.5 Å². The van der Waals surface area contributed by atoms with Gasteiger partial charge in [0.25, 0.3) is 5.69 Å². The number of nitrogens with zero attached hydrogens (tertiary/aromatic N) is 2. The zero-order chi connectivity index (χ0) is 19.7. The second-order valence-electron chi connectivity index (χ2n) is 7.42. The van der Waals surface area contributed by atoms with E-state index in [1.54, 1.807) is 34.6 Å². The van der Waals surface area contributed by atoms with Crippen LogP contribution in [0.15, 0.2) is 24.3 Å². The normalized spacial score (nSPS) is 19.1. The Labute approximate surface area is 151 Å². The van der Waals surface area contributed by atoms with E-state index >= 15 is 0 Å². The highest BCUT2D eigenvalue weighted by molar-refractivity contribution is 5.97. The van der Waals surface area contributed by atoms with Gasteiger partial charge in [0.2, 0.25) is 5.91 Å². The molecule has 0 radical (unpaired) electrons. The zero-order valence-electron chi connectivity index (χ0n) is 15.4. The minimum absolute atomic E-state index is 0.0189. The molecule has 2 amide bonds. The van der Waals surface area contributed by atoms with Gasteiger partial charge >= 0.3 is 6.09 Å². The number of nitro benzene ring substituents is 1. The van der Waals surface area contributed by atoms with Crippen LogP contribution in [0.25, 0.3) is 0 Å². The molecule has 0 bridgehead atoms. The Bertz CT molecular complexity index is 708. The van der Waals surface area contributed by atoms with Gasteiger partial charge in [-0.3, -0.25) is 19.8 Å². The van der Waals surface area contributed by atoms with Crippen molar-refractivity contribution in [1.29, 1.82) is 0 Å². The molecule has 1 aromatic rings. The average molecular weight is 365 g/mol. The van der Waals surface area contributed by atoms with Gasteiger partial charge < -0.3 is 14.8 Å². The molecule has 1 saturated heterocycles. The van der Waals surface area contributed by atoms with Crippen molar-refractivity contribution < 1.29 is 24.0 Å². The molecule has 1 atom stereocenters. The number of hydrogen-bond acceptors (Lipinski definition) is 6. The molecule has 0 aliphatic carbocycles. The minimum atomic E-state index is -1.00. The van der Waals surface area contributed by atoms with Crippen molar-refractivity contribution in [2.24, 2.45) is 0 Å². The van der Waals surface area contributed by atoms with E-state index in [0.29, 0.717) is 5.69 Å². The molecule has 0 unspecified atom stereocenters. The van der Waals surface area contributed by atoms with E-state index in [2.05, 4.69) is 5.32 Å². The molecule has 1 aliphatic heterocycles. The Hall–Kier alpha value is -2.68. The Balaban J connectivity index is 2.15. The number of non-ortho nitro benzene ring substituents is 1. The van der Waals surface area contributed by atoms with Gasteiger partial charge in [-0.05, 0) is 46.8 Å². The fraction of sp³-hybridized carbons (Fsp3) is 0.529. The van der Waals surface area contributed by atoms with E-state index < -0.39 is 34.3 Å². The monoisotopic (exact) mass is 365 g/mol. The smallest absolute Gasteiger partial charge is 0.413 e. The van der Waals surface area contributed by atoms with Gasteiger partial charge in [-0.2, -0.15) is 0 Å². The van der Waals surface area contributed by atoms with Crippen LogP contribution in [0.1, 0.15) is 34.6 Å². The van der Waals surface area contributed by atoms with Crippen LogP contribution in [-0.4, -0.2) is 45.8 Å². The molecule has 1 aliphatic rings. The summed E-state index contributed by atoms with van der Waals surface area (Å²) >= 11 is 0. The topological polar surface area (TPSA) is 111 Å². The average Bonchev–Trinajstić information content (AvgIpc) is 2.81. The Morgan fingerprint density at radius 3 is 2.38 bits per heavy atom. The van der Waals surface area contributed by atoms with E-state index in [1.807, 2.05) is 0 Å². The lowest BCUT2D eigenvalue weighted by Gasteiger charge is -2.34. The van der Waals surface area contributed by atoms with Crippen molar-refractivity contribution >= 4 is 23.4 Å². The van der Waals surface area contributed by atoms with Crippen molar-refractivity contribution in [3.05, 3.63) is 34.4 Å². The number of ether oxygens (including phenoxy) is 2. The van der Waals surface area contributed by atoms with Crippen LogP contribution in [0.2, 0.25) is 0 Å². The first-order valence-corrected chi connectivity index (χ1v) is 8.12. The maximum absolute atomic E-state index is 12.6. The minimum Gasteiger partial charge on any atom is -0.444 e. The third-order valence-corrected chi connectivity index (χ3v) is 3.72. The predicted molar refractivity (Wildman–Crippen MR) is 93.6 cm³/mol. The molecule has 142 valence electrons. The third-order valence-electron chi connectivity index (χ3n) is 3.72. The summed E-state index contributed by atoms with van der Waals surface area (Å²) in [6, 6.07) is 4.55. The number of nitrogens with one attached hydrogen (secondary N) is 1. The number of hydrogen-bond donors (Lipinski definition) is 1. The summed E-state index contributed by atoms with van der Waals surface area (Å²) < 4.78 is 11.0. The quantitative estimate of drug-likeness (QED) is 0.651. The van der Waals surface area contributed by atoms with Gasteiger partial charge in [-0.1, -0.05) is 0 Å². The highest BCUT2D eigenvalue weighted by Crippen LogP contribution is 2.30. The SMILES string of the molecule is CC(C)(C)OC(=O)N1[C@H](C(=O)Nc2ccc([N+](=O)[O-])cc2)COC1(C)C. The second kappa shape index (κ2) is 6.91. The van der Waals surface area contributed by atoms with Crippen molar-refractivity contribution in [1.82, 2.24) is 4.90 Å². The summed E-state index contributed by atoms with van der Waals surface area (Å²) in [6.07, 6.45) is -0.649. The highest BCUT2D eigenvalue weighted by atomic mass is 16.6. The van der Waals surface area contributed by atoms with Crippen LogP contribution in [0, 0.1) is 10.1 Å². The lowest BCUT2D eigenvalue weighted by molar-refractivity contribution is -0.384. The number of benzene rings is 1. The van der Waals surface area contributed by atoms with Gasteiger partial charge in [0.1, 0.15) is 17.4 Å². The van der Waals surface area contributed by atoms with Crippen LogP contribution < -0.4 is 5.32 Å². The first-order valence-electron chi connectivity index (χ1n) is 8.12. The van der Waals surface area contributed by atoms with E-state index in [1.165, 1.54) is 29.2 Å². The first kappa shape index (κ1) is 19.6. The standard InChI is InChI=1S/C17H23N3O6/c1-16(2,3)26-15(22)19-13(10-25-17(19,4)5)14(21)18-11-6-8-12(9-7-11)20(23)24/h6-9,13H,10H2,1-5H3,(H,18,21)/t13-/m0/s1. The second-order valence-corrected chi connectivity index (χ2v) is 7.42. The van der Waals surface area contributed by atoms with Crippen LogP contribution in [0.3, 0.4) is 0 Å². The summed E-state index contributed by atoms with van der Waals surface area (Å²) in [7, 11) is 0. The summed E-state index contributed by atoms with van der Waals surface area (Å²) in [5, 5.41) is 13.3. The highest BCUT2D eigenvalue weighted by Gasteiger charge is 2.48. The van der Waals surface area contributed by atoms with Crippen molar-refractivity contribution in [3.8, 4) is 0 Å². The number of anilines is 1. The molecule has 0 aromatic heterocycles. The van der Waals surface area contributed by atoms with Crippen molar-refractivity contribution in [2.45, 2.75) is 52.0 Å². The molecule has 0 spiro atoms. The lowest BCUT2D eigenvalue weighted by atomic mass is 10.2. The van der Waals surface area contributed by atoms with E-state index in [9.17, 15) is 19.7 Å². The molecule has 0 saturated carbocycles. The molecule has 1 aromatic carbocycles. The third kappa shape index (κ3) is 4.48. The van der Waals surface area contributed by atoms with Crippen LogP contribution in [0.5, 0.6) is 0 Å². The number of carbonyl (C=O) groups is 2. The fourth-order valence-electron chi connectivity index (χ4n) is 2.55.